The average Bonchev–Trinajstić information content (AvgIpc) is 3.11. The minimum Gasteiger partial charge on any atom is -0.396 e. The minimum atomic E-state index is -0.204. The number of benzene rings is 1. The topological polar surface area (TPSA) is 35.8 Å². The van der Waals surface area contributed by atoms with Gasteiger partial charge in [0.2, 0.25) is 0 Å². The Balaban J connectivity index is 1.84. The van der Waals surface area contributed by atoms with Crippen molar-refractivity contribution in [2.45, 2.75) is 6.42 Å². The third-order valence-corrected chi connectivity index (χ3v) is 5.88. The molecule has 3 heterocycles. The van der Waals surface area contributed by atoms with Gasteiger partial charge in [-0.15, -0.1) is 11.3 Å². The molecule has 1 N–H and O–H groups in total. The van der Waals surface area contributed by atoms with Crippen molar-refractivity contribution >= 4 is 44.0 Å². The quantitative estimate of drug-likeness (QED) is 0.940. The second-order valence-electron chi connectivity index (χ2n) is 4.96. The second kappa shape index (κ2) is 5.12. The van der Waals surface area contributed by atoms with Crippen LogP contribution in [0.1, 0.15) is 11.3 Å². The molecule has 1 aromatic carbocycles. The van der Waals surface area contributed by atoms with Gasteiger partial charge in [-0.05, 0) is 23.6 Å². The van der Waals surface area contributed by atoms with Gasteiger partial charge in [0.05, 0.1) is 17.1 Å². The highest BCUT2D eigenvalue weighted by Gasteiger charge is 2.33. The molecule has 0 atom stereocenters. The van der Waals surface area contributed by atoms with Gasteiger partial charge in [0.15, 0.2) is 5.17 Å². The molecule has 2 aliphatic rings. The van der Waals surface area contributed by atoms with E-state index in [0.29, 0.717) is 6.42 Å². The van der Waals surface area contributed by atoms with E-state index >= 15 is 0 Å². The third-order valence-electron chi connectivity index (χ3n) is 3.60. The van der Waals surface area contributed by atoms with Crippen LogP contribution in [-0.2, 0) is 0 Å². The number of fused-ring (bicyclic) bond motifs is 2. The SMILES string of the molecule is OCCC1=C(c2cc3ccc(F)cc3s2)N2CCN=C2S1. The number of aliphatic hydroxyl groups is 1. The van der Waals surface area contributed by atoms with Crippen molar-refractivity contribution in [1.82, 2.24) is 4.90 Å². The Bertz CT molecular complexity index is 781. The van der Waals surface area contributed by atoms with Gasteiger partial charge in [-0.3, -0.25) is 4.99 Å². The fourth-order valence-corrected chi connectivity index (χ4v) is 5.11. The van der Waals surface area contributed by atoms with Gasteiger partial charge in [0, 0.05) is 29.2 Å². The van der Waals surface area contributed by atoms with E-state index in [9.17, 15) is 9.50 Å². The lowest BCUT2D eigenvalue weighted by Crippen LogP contribution is -2.19. The zero-order valence-electron chi connectivity index (χ0n) is 11.2. The highest BCUT2D eigenvalue weighted by molar-refractivity contribution is 8.17. The van der Waals surface area contributed by atoms with Crippen molar-refractivity contribution < 1.29 is 9.50 Å². The molecule has 3 nitrogen and oxygen atoms in total. The van der Waals surface area contributed by atoms with Crippen LogP contribution in [0.25, 0.3) is 15.8 Å². The molecule has 0 saturated carbocycles. The van der Waals surface area contributed by atoms with Gasteiger partial charge >= 0.3 is 0 Å². The number of thiophene rings is 1. The Labute approximate surface area is 129 Å². The molecule has 0 radical (unpaired) electrons. The first-order chi connectivity index (χ1) is 10.3. The van der Waals surface area contributed by atoms with E-state index in [2.05, 4.69) is 16.0 Å². The summed E-state index contributed by atoms with van der Waals surface area (Å²) in [6.07, 6.45) is 0.637. The highest BCUT2D eigenvalue weighted by atomic mass is 32.2. The number of aliphatic imine (C=N–C) groups is 1. The first kappa shape index (κ1) is 13.3. The largest absolute Gasteiger partial charge is 0.396 e. The van der Waals surface area contributed by atoms with Crippen molar-refractivity contribution in [2.24, 2.45) is 4.99 Å². The minimum absolute atomic E-state index is 0.131. The molecule has 2 aliphatic heterocycles. The lowest BCUT2D eigenvalue weighted by molar-refractivity contribution is 0.301. The number of amidine groups is 1. The summed E-state index contributed by atoms with van der Waals surface area (Å²) in [7, 11) is 0. The number of hydrogen-bond donors (Lipinski definition) is 1. The number of rotatable bonds is 3. The Kier molecular flexibility index (Phi) is 3.24. The normalized spacial score (nSPS) is 17.8. The Morgan fingerprint density at radius 3 is 3.10 bits per heavy atom. The fraction of sp³-hybridized carbons (Fsp3) is 0.267. The molecule has 0 saturated heterocycles. The number of thioether (sulfide) groups is 1. The monoisotopic (exact) mass is 320 g/mol. The van der Waals surface area contributed by atoms with Crippen LogP contribution in [0.15, 0.2) is 34.2 Å². The number of nitrogens with zero attached hydrogens (tertiary/aromatic N) is 2. The Morgan fingerprint density at radius 1 is 1.33 bits per heavy atom. The molecule has 1 aromatic heterocycles. The molecule has 21 heavy (non-hydrogen) atoms. The molecule has 4 rings (SSSR count). The van der Waals surface area contributed by atoms with E-state index in [1.165, 1.54) is 6.07 Å². The van der Waals surface area contributed by atoms with E-state index in [4.69, 9.17) is 0 Å². The zero-order valence-corrected chi connectivity index (χ0v) is 12.8. The molecule has 0 bridgehead atoms. The van der Waals surface area contributed by atoms with Gasteiger partial charge in [0.1, 0.15) is 5.82 Å². The summed E-state index contributed by atoms with van der Waals surface area (Å²) in [6, 6.07) is 7.00. The maximum atomic E-state index is 13.4. The van der Waals surface area contributed by atoms with Crippen molar-refractivity contribution in [3.05, 3.63) is 39.9 Å². The lowest BCUT2D eigenvalue weighted by atomic mass is 10.2. The number of hydrogen-bond acceptors (Lipinski definition) is 5. The predicted octanol–water partition coefficient (Wildman–Crippen LogP) is 3.51. The maximum absolute atomic E-state index is 13.4. The molecule has 108 valence electrons. The van der Waals surface area contributed by atoms with Crippen LogP contribution in [0.3, 0.4) is 0 Å². The summed E-state index contributed by atoms with van der Waals surface area (Å²) in [6.45, 7) is 1.83. The second-order valence-corrected chi connectivity index (χ2v) is 7.10. The lowest BCUT2D eigenvalue weighted by Gasteiger charge is -2.15. The van der Waals surface area contributed by atoms with E-state index in [-0.39, 0.29) is 12.4 Å². The average molecular weight is 320 g/mol. The highest BCUT2D eigenvalue weighted by Crippen LogP contribution is 2.45. The van der Waals surface area contributed by atoms with E-state index in [1.807, 2.05) is 6.07 Å². The van der Waals surface area contributed by atoms with Gasteiger partial charge in [0.25, 0.3) is 0 Å². The van der Waals surface area contributed by atoms with Crippen molar-refractivity contribution in [3.63, 3.8) is 0 Å². The molecular formula is C15H13FN2OS2. The van der Waals surface area contributed by atoms with E-state index in [1.54, 1.807) is 29.2 Å². The fourth-order valence-electron chi connectivity index (χ4n) is 2.69. The van der Waals surface area contributed by atoms with Crippen LogP contribution in [0.5, 0.6) is 0 Å². The van der Waals surface area contributed by atoms with E-state index in [0.717, 1.165) is 43.8 Å². The molecular weight excluding hydrogens is 307 g/mol. The summed E-state index contributed by atoms with van der Waals surface area (Å²) in [5.74, 6) is -0.204. The van der Waals surface area contributed by atoms with Crippen LogP contribution in [0.4, 0.5) is 4.39 Å². The molecule has 6 heteroatoms. The first-order valence-electron chi connectivity index (χ1n) is 6.79. The van der Waals surface area contributed by atoms with Crippen LogP contribution in [-0.4, -0.2) is 34.9 Å². The summed E-state index contributed by atoms with van der Waals surface area (Å²) >= 11 is 3.25. The van der Waals surface area contributed by atoms with Gasteiger partial charge < -0.3 is 10.0 Å². The molecule has 0 fully saturated rings. The van der Waals surface area contributed by atoms with Gasteiger partial charge in [-0.1, -0.05) is 17.8 Å². The first-order valence-corrected chi connectivity index (χ1v) is 8.43. The molecule has 0 unspecified atom stereocenters. The summed E-state index contributed by atoms with van der Waals surface area (Å²) in [5, 5.41) is 11.4. The molecule has 0 amide bonds. The third kappa shape index (κ3) is 2.18. The summed E-state index contributed by atoms with van der Waals surface area (Å²) < 4.78 is 14.3. The molecule has 2 aromatic rings. The smallest absolute Gasteiger partial charge is 0.168 e. The number of aliphatic hydroxyl groups excluding tert-OH is 1. The van der Waals surface area contributed by atoms with Gasteiger partial charge in [-0.2, -0.15) is 0 Å². The van der Waals surface area contributed by atoms with Crippen molar-refractivity contribution in [2.75, 3.05) is 19.7 Å². The summed E-state index contributed by atoms with van der Waals surface area (Å²) in [5.41, 5.74) is 1.15. The Hall–Kier alpha value is -1.37. The van der Waals surface area contributed by atoms with Crippen molar-refractivity contribution in [1.29, 1.82) is 0 Å². The maximum Gasteiger partial charge on any atom is 0.168 e. The predicted molar refractivity (Wildman–Crippen MR) is 87.0 cm³/mol. The van der Waals surface area contributed by atoms with E-state index < -0.39 is 0 Å². The standard InChI is InChI=1S/C15H13FN2OS2/c16-10-2-1-9-7-13(20-12(9)8-10)14-11(3-6-19)21-15-17-4-5-18(14)15/h1-2,7-8,19H,3-6H2. The van der Waals surface area contributed by atoms with Gasteiger partial charge in [-0.25, -0.2) is 4.39 Å². The zero-order chi connectivity index (χ0) is 14.4. The van der Waals surface area contributed by atoms with Crippen LogP contribution in [0, 0.1) is 5.82 Å². The van der Waals surface area contributed by atoms with Crippen LogP contribution < -0.4 is 0 Å². The van der Waals surface area contributed by atoms with Crippen LogP contribution >= 0.6 is 23.1 Å². The number of halogens is 1. The van der Waals surface area contributed by atoms with Crippen LogP contribution in [0.2, 0.25) is 0 Å². The molecule has 0 aliphatic carbocycles. The molecule has 0 spiro atoms. The Morgan fingerprint density at radius 2 is 2.24 bits per heavy atom. The van der Waals surface area contributed by atoms with Crippen molar-refractivity contribution in [3.8, 4) is 0 Å². The summed E-state index contributed by atoms with van der Waals surface area (Å²) in [4.78, 5) is 9.00.